The quantitative estimate of drug-likeness (QED) is 0.457. The molecular formula is C15H11Br2IN2O3. The molecule has 0 radical (unpaired) electrons. The number of phenolic OH excluding ortho intramolecular Hbond substituents is 1. The molecule has 2 heterocycles. The normalized spacial score (nSPS) is 15.1. The number of amides is 1. The van der Waals surface area contributed by atoms with Crippen molar-refractivity contribution in [2.45, 2.75) is 3.92 Å². The number of alkyl halides is 1. The molecule has 0 aliphatic carbocycles. The standard InChI is InChI=1S/C15H11Br2IN2O3/c16-9-3-8(4-10(17)15(9)22)11(18)6-20-12-5-19-2-1-13(12)23-7-14(20)21/h1-5,11,22H,6-7H2. The molecule has 0 saturated carbocycles. The minimum Gasteiger partial charge on any atom is -0.506 e. The summed E-state index contributed by atoms with van der Waals surface area (Å²) in [6, 6.07) is 5.46. The van der Waals surface area contributed by atoms with Crippen LogP contribution in [0.15, 0.2) is 39.5 Å². The van der Waals surface area contributed by atoms with E-state index in [0.29, 0.717) is 26.9 Å². The van der Waals surface area contributed by atoms with Gasteiger partial charge in [0.15, 0.2) is 6.61 Å². The number of pyridine rings is 1. The number of benzene rings is 1. The third kappa shape index (κ3) is 3.48. The van der Waals surface area contributed by atoms with Gasteiger partial charge in [-0.05, 0) is 49.6 Å². The summed E-state index contributed by atoms with van der Waals surface area (Å²) in [7, 11) is 0. The number of rotatable bonds is 3. The van der Waals surface area contributed by atoms with Gasteiger partial charge >= 0.3 is 0 Å². The largest absolute Gasteiger partial charge is 0.506 e. The number of fused-ring (bicyclic) bond motifs is 1. The van der Waals surface area contributed by atoms with E-state index in [2.05, 4.69) is 59.4 Å². The Bertz CT molecular complexity index is 749. The van der Waals surface area contributed by atoms with E-state index < -0.39 is 0 Å². The molecular weight excluding hydrogens is 543 g/mol. The number of aromatic nitrogens is 1. The number of carbonyl (C=O) groups excluding carboxylic acids is 1. The second kappa shape index (κ2) is 6.94. The van der Waals surface area contributed by atoms with E-state index in [0.717, 1.165) is 5.56 Å². The molecule has 8 heteroatoms. The lowest BCUT2D eigenvalue weighted by Gasteiger charge is -2.30. The molecule has 1 aliphatic heterocycles. The lowest BCUT2D eigenvalue weighted by molar-refractivity contribution is -0.121. The van der Waals surface area contributed by atoms with Gasteiger partial charge in [0.2, 0.25) is 0 Å². The summed E-state index contributed by atoms with van der Waals surface area (Å²) >= 11 is 8.95. The van der Waals surface area contributed by atoms with Crippen molar-refractivity contribution < 1.29 is 14.6 Å². The van der Waals surface area contributed by atoms with Crippen LogP contribution in [-0.2, 0) is 4.79 Å². The lowest BCUT2D eigenvalue weighted by Crippen LogP contribution is -2.40. The fraction of sp³-hybridized carbons (Fsp3) is 0.200. The van der Waals surface area contributed by atoms with Crippen LogP contribution in [0.5, 0.6) is 11.5 Å². The average Bonchev–Trinajstić information content (AvgIpc) is 2.54. The van der Waals surface area contributed by atoms with Crippen LogP contribution < -0.4 is 9.64 Å². The van der Waals surface area contributed by atoms with Crippen LogP contribution in [0.3, 0.4) is 0 Å². The second-order valence-electron chi connectivity index (χ2n) is 4.94. The maximum absolute atomic E-state index is 12.2. The monoisotopic (exact) mass is 552 g/mol. The highest BCUT2D eigenvalue weighted by Crippen LogP contribution is 2.39. The van der Waals surface area contributed by atoms with Gasteiger partial charge in [-0.25, -0.2) is 0 Å². The Labute approximate surface area is 163 Å². The van der Waals surface area contributed by atoms with Crippen molar-refractivity contribution in [2.24, 2.45) is 0 Å². The minimum atomic E-state index is -0.0934. The van der Waals surface area contributed by atoms with Gasteiger partial charge in [-0.1, -0.05) is 22.6 Å². The van der Waals surface area contributed by atoms with E-state index in [4.69, 9.17) is 4.74 Å². The number of halogens is 3. The number of phenols is 1. The number of aromatic hydroxyl groups is 1. The second-order valence-corrected chi connectivity index (χ2v) is 8.15. The summed E-state index contributed by atoms with van der Waals surface area (Å²) in [6.07, 6.45) is 3.28. The number of hydrogen-bond donors (Lipinski definition) is 1. The number of nitrogens with zero attached hydrogens (tertiary/aromatic N) is 2. The predicted molar refractivity (Wildman–Crippen MR) is 102 cm³/mol. The fourth-order valence-corrected chi connectivity index (χ4v) is 4.26. The molecule has 5 nitrogen and oxygen atoms in total. The number of anilines is 1. The third-order valence-electron chi connectivity index (χ3n) is 3.45. The van der Waals surface area contributed by atoms with Gasteiger partial charge in [-0.3, -0.25) is 9.78 Å². The van der Waals surface area contributed by atoms with Gasteiger partial charge in [0.25, 0.3) is 5.91 Å². The Balaban J connectivity index is 1.88. The van der Waals surface area contributed by atoms with Crippen LogP contribution >= 0.6 is 54.5 Å². The predicted octanol–water partition coefficient (Wildman–Crippen LogP) is 4.21. The summed E-state index contributed by atoms with van der Waals surface area (Å²) in [5.74, 6) is 0.731. The molecule has 1 aromatic heterocycles. The Hall–Kier alpha value is -0.870. The van der Waals surface area contributed by atoms with Crippen molar-refractivity contribution in [1.82, 2.24) is 4.98 Å². The SMILES string of the molecule is O=C1COc2ccncc2N1CC(I)c1cc(Br)c(O)c(Br)c1. The van der Waals surface area contributed by atoms with Crippen LogP contribution in [0.4, 0.5) is 5.69 Å². The summed E-state index contributed by atoms with van der Waals surface area (Å²) < 4.78 is 6.68. The van der Waals surface area contributed by atoms with Crippen molar-refractivity contribution >= 4 is 66.0 Å². The van der Waals surface area contributed by atoms with Gasteiger partial charge in [0.1, 0.15) is 17.2 Å². The first-order valence-corrected chi connectivity index (χ1v) is 9.49. The summed E-state index contributed by atoms with van der Waals surface area (Å²) in [4.78, 5) is 18.0. The summed E-state index contributed by atoms with van der Waals surface area (Å²) in [5.41, 5.74) is 1.68. The first-order chi connectivity index (χ1) is 11.0. The third-order valence-corrected chi connectivity index (χ3v) is 5.77. The Morgan fingerprint density at radius 2 is 2.09 bits per heavy atom. The number of hydrogen-bond acceptors (Lipinski definition) is 4. The smallest absolute Gasteiger partial charge is 0.265 e. The zero-order chi connectivity index (χ0) is 16.6. The van der Waals surface area contributed by atoms with Crippen LogP contribution in [0.1, 0.15) is 9.49 Å². The molecule has 0 bridgehead atoms. The van der Waals surface area contributed by atoms with Crippen molar-refractivity contribution in [1.29, 1.82) is 0 Å². The molecule has 1 N–H and O–H groups in total. The van der Waals surface area contributed by atoms with E-state index in [1.54, 1.807) is 23.4 Å². The number of ether oxygens (including phenoxy) is 1. The van der Waals surface area contributed by atoms with Gasteiger partial charge < -0.3 is 14.7 Å². The Kier molecular flexibility index (Phi) is 5.12. The summed E-state index contributed by atoms with van der Waals surface area (Å²) in [6.45, 7) is 0.522. The van der Waals surface area contributed by atoms with Crippen LogP contribution in [0.25, 0.3) is 0 Å². The molecule has 0 saturated heterocycles. The molecule has 2 aromatic rings. The van der Waals surface area contributed by atoms with E-state index in [-0.39, 0.29) is 22.2 Å². The van der Waals surface area contributed by atoms with E-state index in [1.807, 2.05) is 12.1 Å². The molecule has 0 fully saturated rings. The zero-order valence-electron chi connectivity index (χ0n) is 11.7. The van der Waals surface area contributed by atoms with Gasteiger partial charge in [0.05, 0.1) is 19.1 Å². The Morgan fingerprint density at radius 1 is 1.39 bits per heavy atom. The van der Waals surface area contributed by atoms with Crippen LogP contribution in [0, 0.1) is 0 Å². The van der Waals surface area contributed by atoms with E-state index in [9.17, 15) is 9.90 Å². The molecule has 1 atom stereocenters. The van der Waals surface area contributed by atoms with Crippen molar-refractivity contribution in [3.8, 4) is 11.5 Å². The molecule has 23 heavy (non-hydrogen) atoms. The summed E-state index contributed by atoms with van der Waals surface area (Å²) in [5, 5.41) is 9.82. The molecule has 3 rings (SSSR count). The van der Waals surface area contributed by atoms with Crippen LogP contribution in [0.2, 0.25) is 0 Å². The zero-order valence-corrected chi connectivity index (χ0v) is 17.0. The van der Waals surface area contributed by atoms with Gasteiger partial charge in [-0.2, -0.15) is 0 Å². The molecule has 120 valence electrons. The minimum absolute atomic E-state index is 0.0311. The highest BCUT2D eigenvalue weighted by Gasteiger charge is 2.28. The fourth-order valence-electron chi connectivity index (χ4n) is 2.28. The highest BCUT2D eigenvalue weighted by molar-refractivity contribution is 14.1. The average molecular weight is 554 g/mol. The first-order valence-electron chi connectivity index (χ1n) is 6.66. The van der Waals surface area contributed by atoms with E-state index >= 15 is 0 Å². The van der Waals surface area contributed by atoms with Crippen molar-refractivity contribution in [3.63, 3.8) is 0 Å². The Morgan fingerprint density at radius 3 is 2.78 bits per heavy atom. The molecule has 1 aromatic carbocycles. The molecule has 1 amide bonds. The van der Waals surface area contributed by atoms with E-state index in [1.165, 1.54) is 0 Å². The molecule has 1 aliphatic rings. The maximum Gasteiger partial charge on any atom is 0.265 e. The lowest BCUT2D eigenvalue weighted by atomic mass is 10.1. The molecule has 0 spiro atoms. The highest BCUT2D eigenvalue weighted by atomic mass is 127. The van der Waals surface area contributed by atoms with Crippen molar-refractivity contribution in [3.05, 3.63) is 45.1 Å². The number of carbonyl (C=O) groups is 1. The topological polar surface area (TPSA) is 62.7 Å². The van der Waals surface area contributed by atoms with Gasteiger partial charge in [-0.15, -0.1) is 0 Å². The van der Waals surface area contributed by atoms with Crippen LogP contribution in [-0.4, -0.2) is 29.1 Å². The van der Waals surface area contributed by atoms with Gasteiger partial charge in [0, 0.05) is 18.8 Å². The van der Waals surface area contributed by atoms with Crippen molar-refractivity contribution in [2.75, 3.05) is 18.1 Å². The first kappa shape index (κ1) is 17.0. The maximum atomic E-state index is 12.2. The molecule has 1 unspecified atom stereocenters.